The number of halogens is 1. The average Bonchev–Trinajstić information content (AvgIpc) is 2.71. The van der Waals surface area contributed by atoms with Crippen molar-refractivity contribution < 1.29 is 19.1 Å². The largest absolute Gasteiger partial charge is 0.456 e. The van der Waals surface area contributed by atoms with Crippen molar-refractivity contribution in [3.63, 3.8) is 0 Å². The van der Waals surface area contributed by atoms with Gasteiger partial charge in [-0.3, -0.25) is 9.59 Å². The Morgan fingerprint density at radius 2 is 1.75 bits per heavy atom. The Hall–Kier alpha value is -2.66. The zero-order valence-electron chi connectivity index (χ0n) is 16.3. The third-order valence-corrected chi connectivity index (χ3v) is 4.76. The summed E-state index contributed by atoms with van der Waals surface area (Å²) in [7, 11) is 0. The summed E-state index contributed by atoms with van der Waals surface area (Å²) in [5.41, 5.74) is 2.80. The maximum Gasteiger partial charge on any atom is 0.328 e. The number of carbonyl (C=O) groups is 3. The minimum absolute atomic E-state index is 0.259. The second-order valence-electron chi connectivity index (χ2n) is 6.40. The van der Waals surface area contributed by atoms with Crippen LogP contribution >= 0.6 is 11.6 Å². The molecule has 148 valence electrons. The van der Waals surface area contributed by atoms with Crippen molar-refractivity contribution >= 4 is 29.3 Å². The number of Topliss-reactive ketones (excluding diaryl/α,β-unsaturated/α-hetero) is 1. The second-order valence-corrected chi connectivity index (χ2v) is 6.81. The molecule has 28 heavy (non-hydrogen) atoms. The summed E-state index contributed by atoms with van der Waals surface area (Å²) < 4.78 is 5.12. The topological polar surface area (TPSA) is 72.5 Å². The van der Waals surface area contributed by atoms with Crippen LogP contribution in [0.4, 0.5) is 0 Å². The third kappa shape index (κ3) is 5.42. The molecule has 0 aromatic heterocycles. The van der Waals surface area contributed by atoms with E-state index in [2.05, 4.69) is 5.32 Å². The lowest BCUT2D eigenvalue weighted by molar-refractivity contribution is -0.144. The summed E-state index contributed by atoms with van der Waals surface area (Å²) in [5, 5.41) is 2.82. The minimum Gasteiger partial charge on any atom is -0.456 e. The van der Waals surface area contributed by atoms with E-state index in [0.717, 1.165) is 17.5 Å². The van der Waals surface area contributed by atoms with Gasteiger partial charge in [0.25, 0.3) is 5.91 Å². The normalized spacial score (nSPS) is 11.6. The Kier molecular flexibility index (Phi) is 7.76. The van der Waals surface area contributed by atoms with Gasteiger partial charge < -0.3 is 10.1 Å². The predicted octanol–water partition coefficient (Wildman–Crippen LogP) is 4.01. The lowest BCUT2D eigenvalue weighted by Gasteiger charge is -2.14. The highest BCUT2D eigenvalue weighted by Gasteiger charge is 2.21. The van der Waals surface area contributed by atoms with E-state index in [0.29, 0.717) is 17.0 Å². The number of amides is 1. The summed E-state index contributed by atoms with van der Waals surface area (Å²) in [4.78, 5) is 36.9. The smallest absolute Gasteiger partial charge is 0.328 e. The van der Waals surface area contributed by atoms with Gasteiger partial charge in [0.05, 0.1) is 10.6 Å². The lowest BCUT2D eigenvalue weighted by Crippen LogP contribution is -2.40. The molecule has 2 rings (SSSR count). The summed E-state index contributed by atoms with van der Waals surface area (Å²) in [6, 6.07) is 11.4. The van der Waals surface area contributed by atoms with E-state index < -0.39 is 17.9 Å². The van der Waals surface area contributed by atoms with Crippen molar-refractivity contribution in [2.45, 2.75) is 39.7 Å². The number of ether oxygens (including phenoxy) is 1. The van der Waals surface area contributed by atoms with Crippen LogP contribution in [-0.4, -0.2) is 30.3 Å². The Balaban J connectivity index is 1.97. The fraction of sp³-hybridized carbons (Fsp3) is 0.318. The van der Waals surface area contributed by atoms with Crippen LogP contribution in [0.3, 0.4) is 0 Å². The van der Waals surface area contributed by atoms with Gasteiger partial charge >= 0.3 is 5.97 Å². The zero-order valence-corrected chi connectivity index (χ0v) is 17.0. The van der Waals surface area contributed by atoms with Crippen LogP contribution in [0, 0.1) is 0 Å². The first-order valence-corrected chi connectivity index (χ1v) is 9.62. The SMILES string of the molecule is CCc1ccc(CC)c(C(=O)COC(=O)[C@H](C)NC(=O)c2ccccc2Cl)c1. The van der Waals surface area contributed by atoms with Crippen LogP contribution in [-0.2, 0) is 22.4 Å². The number of rotatable bonds is 8. The van der Waals surface area contributed by atoms with Gasteiger partial charge in [-0.1, -0.05) is 49.7 Å². The molecule has 1 amide bonds. The average molecular weight is 402 g/mol. The van der Waals surface area contributed by atoms with Gasteiger partial charge in [-0.25, -0.2) is 4.79 Å². The molecule has 0 bridgehead atoms. The fourth-order valence-corrected chi connectivity index (χ4v) is 2.95. The molecule has 2 aromatic rings. The summed E-state index contributed by atoms with van der Waals surface area (Å²) >= 11 is 5.98. The number of nitrogens with one attached hydrogen (secondary N) is 1. The lowest BCUT2D eigenvalue weighted by atomic mass is 9.98. The first-order valence-electron chi connectivity index (χ1n) is 9.24. The molecule has 0 heterocycles. The Morgan fingerprint density at radius 1 is 1.04 bits per heavy atom. The van der Waals surface area contributed by atoms with E-state index in [4.69, 9.17) is 16.3 Å². The van der Waals surface area contributed by atoms with Gasteiger partial charge in [0.15, 0.2) is 6.61 Å². The molecule has 1 N–H and O–H groups in total. The molecule has 2 aromatic carbocycles. The number of esters is 1. The van der Waals surface area contributed by atoms with Gasteiger partial charge in [-0.2, -0.15) is 0 Å². The van der Waals surface area contributed by atoms with Gasteiger partial charge in [-0.05, 0) is 49.1 Å². The first kappa shape index (κ1) is 21.6. The van der Waals surface area contributed by atoms with Gasteiger partial charge in [0.2, 0.25) is 5.78 Å². The summed E-state index contributed by atoms with van der Waals surface area (Å²) in [6.07, 6.45) is 1.53. The van der Waals surface area contributed by atoms with E-state index in [1.807, 2.05) is 32.0 Å². The molecule has 0 radical (unpaired) electrons. The molecule has 5 nitrogen and oxygen atoms in total. The van der Waals surface area contributed by atoms with Gasteiger partial charge in [0, 0.05) is 5.56 Å². The van der Waals surface area contributed by atoms with Crippen LogP contribution in [0.25, 0.3) is 0 Å². The van der Waals surface area contributed by atoms with Crippen LogP contribution < -0.4 is 5.32 Å². The molecule has 6 heteroatoms. The molecule has 0 saturated carbocycles. The van der Waals surface area contributed by atoms with Gasteiger partial charge in [-0.15, -0.1) is 0 Å². The summed E-state index contributed by atoms with van der Waals surface area (Å²) in [5.74, 6) is -1.42. The zero-order chi connectivity index (χ0) is 20.7. The molecule has 0 unspecified atom stereocenters. The van der Waals surface area contributed by atoms with Crippen molar-refractivity contribution in [1.29, 1.82) is 0 Å². The molecule has 0 spiro atoms. The van der Waals surface area contributed by atoms with Crippen LogP contribution in [0.15, 0.2) is 42.5 Å². The monoisotopic (exact) mass is 401 g/mol. The van der Waals surface area contributed by atoms with Crippen molar-refractivity contribution in [2.75, 3.05) is 6.61 Å². The molecular weight excluding hydrogens is 378 g/mol. The Labute approximate surface area is 170 Å². The fourth-order valence-electron chi connectivity index (χ4n) is 2.73. The summed E-state index contributed by atoms with van der Waals surface area (Å²) in [6.45, 7) is 5.11. The van der Waals surface area contributed by atoms with E-state index in [1.165, 1.54) is 6.92 Å². The standard InChI is InChI=1S/C22H24ClNO4/c1-4-15-10-11-16(5-2)18(12-15)20(25)13-28-22(27)14(3)24-21(26)17-8-6-7-9-19(17)23/h6-12,14H,4-5,13H2,1-3H3,(H,24,26)/t14-/m0/s1. The molecule has 0 fully saturated rings. The number of aryl methyl sites for hydroxylation is 2. The van der Waals surface area contributed by atoms with E-state index in [1.54, 1.807) is 24.3 Å². The molecule has 0 aliphatic rings. The third-order valence-electron chi connectivity index (χ3n) is 4.43. The number of carbonyl (C=O) groups excluding carboxylic acids is 3. The van der Waals surface area contributed by atoms with Crippen molar-refractivity contribution in [1.82, 2.24) is 5.32 Å². The molecule has 0 aliphatic heterocycles. The molecule has 0 aliphatic carbocycles. The number of ketones is 1. The van der Waals surface area contributed by atoms with E-state index in [-0.39, 0.29) is 18.0 Å². The predicted molar refractivity (Wildman–Crippen MR) is 109 cm³/mol. The second kappa shape index (κ2) is 10.0. The van der Waals surface area contributed by atoms with Crippen molar-refractivity contribution in [3.05, 3.63) is 69.7 Å². The molecular formula is C22H24ClNO4. The van der Waals surface area contributed by atoms with Crippen molar-refractivity contribution in [2.24, 2.45) is 0 Å². The quantitative estimate of drug-likeness (QED) is 0.535. The van der Waals surface area contributed by atoms with Crippen LogP contribution in [0.2, 0.25) is 5.02 Å². The first-order chi connectivity index (χ1) is 13.4. The maximum atomic E-state index is 12.5. The molecule has 1 atom stereocenters. The number of hydrogen-bond donors (Lipinski definition) is 1. The highest BCUT2D eigenvalue weighted by Crippen LogP contribution is 2.16. The highest BCUT2D eigenvalue weighted by molar-refractivity contribution is 6.33. The van der Waals surface area contributed by atoms with Crippen LogP contribution in [0.1, 0.15) is 52.6 Å². The minimum atomic E-state index is -0.913. The molecule has 0 saturated heterocycles. The number of benzene rings is 2. The van der Waals surface area contributed by atoms with Gasteiger partial charge in [0.1, 0.15) is 6.04 Å². The maximum absolute atomic E-state index is 12.5. The Bertz CT molecular complexity index is 879. The van der Waals surface area contributed by atoms with Crippen LogP contribution in [0.5, 0.6) is 0 Å². The van der Waals surface area contributed by atoms with E-state index in [9.17, 15) is 14.4 Å². The van der Waals surface area contributed by atoms with E-state index >= 15 is 0 Å². The van der Waals surface area contributed by atoms with Crippen molar-refractivity contribution in [3.8, 4) is 0 Å². The number of hydrogen-bond acceptors (Lipinski definition) is 4. The Morgan fingerprint density at radius 3 is 2.39 bits per heavy atom. The highest BCUT2D eigenvalue weighted by atomic mass is 35.5.